The second kappa shape index (κ2) is 7.03. The first-order valence-electron chi connectivity index (χ1n) is 6.52. The highest BCUT2D eigenvalue weighted by Gasteiger charge is 2.26. The number of rotatable bonds is 8. The average Bonchev–Trinajstić information content (AvgIpc) is 2.45. The molecular formula is C13H22N2O4S. The van der Waals surface area contributed by atoms with E-state index in [0.29, 0.717) is 18.7 Å². The van der Waals surface area contributed by atoms with Crippen molar-refractivity contribution in [3.05, 3.63) is 24.3 Å². The number of aliphatic hydroxyl groups excluding tert-OH is 2. The highest BCUT2D eigenvalue weighted by Crippen LogP contribution is 2.20. The van der Waals surface area contributed by atoms with Crippen LogP contribution in [0.1, 0.15) is 20.3 Å². The highest BCUT2D eigenvalue weighted by atomic mass is 32.2. The molecule has 0 aliphatic rings. The van der Waals surface area contributed by atoms with Gasteiger partial charge in [0.05, 0.1) is 23.6 Å². The summed E-state index contributed by atoms with van der Waals surface area (Å²) in [7, 11) is -3.46. The van der Waals surface area contributed by atoms with Gasteiger partial charge in [0.2, 0.25) is 10.0 Å². The summed E-state index contributed by atoms with van der Waals surface area (Å²) in [4.78, 5) is 0.181. The Balaban J connectivity index is 2.92. The van der Waals surface area contributed by atoms with Crippen LogP contribution in [0.15, 0.2) is 29.2 Å². The quantitative estimate of drug-likeness (QED) is 0.561. The smallest absolute Gasteiger partial charge is 0.240 e. The summed E-state index contributed by atoms with van der Waals surface area (Å²) in [5, 5.41) is 21.8. The van der Waals surface area contributed by atoms with Gasteiger partial charge in [-0.05, 0) is 30.7 Å². The first kappa shape index (κ1) is 16.9. The van der Waals surface area contributed by atoms with Crippen molar-refractivity contribution in [2.45, 2.75) is 30.7 Å². The van der Waals surface area contributed by atoms with E-state index < -0.39 is 15.6 Å². The van der Waals surface area contributed by atoms with Gasteiger partial charge >= 0.3 is 0 Å². The Morgan fingerprint density at radius 1 is 1.10 bits per heavy atom. The molecule has 0 atom stereocenters. The van der Waals surface area contributed by atoms with Gasteiger partial charge in [-0.3, -0.25) is 0 Å². The van der Waals surface area contributed by atoms with Crippen LogP contribution in [-0.2, 0) is 10.0 Å². The van der Waals surface area contributed by atoms with Crippen LogP contribution >= 0.6 is 0 Å². The molecule has 20 heavy (non-hydrogen) atoms. The number of aliphatic hydroxyl groups is 2. The van der Waals surface area contributed by atoms with Gasteiger partial charge in [0.1, 0.15) is 0 Å². The molecule has 114 valence electrons. The number of hydrogen-bond donors (Lipinski definition) is 4. The first-order valence-corrected chi connectivity index (χ1v) is 8.01. The fraction of sp³-hybridized carbons (Fsp3) is 0.538. The summed E-state index contributed by atoms with van der Waals surface area (Å²) >= 11 is 0. The number of hydrogen-bond acceptors (Lipinski definition) is 5. The number of anilines is 1. The predicted molar refractivity (Wildman–Crippen MR) is 78.1 cm³/mol. The lowest BCUT2D eigenvalue weighted by molar-refractivity contribution is 0.132. The Bertz CT molecular complexity index is 501. The van der Waals surface area contributed by atoms with Crippen LogP contribution in [0.4, 0.5) is 5.69 Å². The molecule has 0 aliphatic heterocycles. The van der Waals surface area contributed by atoms with Gasteiger partial charge in [-0.15, -0.1) is 0 Å². The maximum Gasteiger partial charge on any atom is 0.240 e. The maximum absolute atomic E-state index is 11.8. The lowest BCUT2D eigenvalue weighted by atomic mass is 9.98. The van der Waals surface area contributed by atoms with E-state index in [1.54, 1.807) is 19.1 Å². The van der Waals surface area contributed by atoms with Crippen LogP contribution in [0.3, 0.4) is 0 Å². The lowest BCUT2D eigenvalue weighted by Crippen LogP contribution is -2.45. The molecule has 0 spiro atoms. The molecule has 0 unspecified atom stereocenters. The van der Waals surface area contributed by atoms with Gasteiger partial charge in [0, 0.05) is 12.2 Å². The molecule has 0 aromatic heterocycles. The molecule has 1 aromatic carbocycles. The van der Waals surface area contributed by atoms with E-state index in [9.17, 15) is 18.6 Å². The van der Waals surface area contributed by atoms with E-state index in [4.69, 9.17) is 0 Å². The molecule has 6 nitrogen and oxygen atoms in total. The summed E-state index contributed by atoms with van der Waals surface area (Å²) in [5.41, 5.74) is -0.160. The monoisotopic (exact) mass is 302 g/mol. The molecule has 0 saturated carbocycles. The van der Waals surface area contributed by atoms with Crippen LogP contribution in [-0.4, -0.2) is 43.9 Å². The van der Waals surface area contributed by atoms with Gasteiger partial charge in [-0.2, -0.15) is 0 Å². The van der Waals surface area contributed by atoms with Crippen LogP contribution in [0.5, 0.6) is 0 Å². The summed E-state index contributed by atoms with van der Waals surface area (Å²) < 4.78 is 26.0. The predicted octanol–water partition coefficient (Wildman–Crippen LogP) is 0.530. The van der Waals surface area contributed by atoms with E-state index in [0.717, 1.165) is 0 Å². The minimum atomic E-state index is -3.46. The van der Waals surface area contributed by atoms with Crippen LogP contribution < -0.4 is 10.0 Å². The van der Waals surface area contributed by atoms with Crippen molar-refractivity contribution in [1.82, 2.24) is 4.72 Å². The Labute approximate surface area is 119 Å². The molecule has 0 heterocycles. The van der Waals surface area contributed by atoms with Gasteiger partial charge in [0.15, 0.2) is 0 Å². The summed E-state index contributed by atoms with van der Waals surface area (Å²) in [6.07, 6.45) is 0.539. The van der Waals surface area contributed by atoms with Crippen molar-refractivity contribution in [1.29, 1.82) is 0 Å². The third kappa shape index (κ3) is 3.92. The van der Waals surface area contributed by atoms with E-state index in [1.165, 1.54) is 12.1 Å². The molecule has 0 saturated heterocycles. The molecule has 1 rings (SSSR count). The molecule has 0 bridgehead atoms. The number of nitrogens with one attached hydrogen (secondary N) is 2. The molecule has 1 aromatic rings. The van der Waals surface area contributed by atoms with Gasteiger partial charge < -0.3 is 15.5 Å². The Hall–Kier alpha value is -1.15. The minimum absolute atomic E-state index is 0.181. The van der Waals surface area contributed by atoms with Crippen LogP contribution in [0.25, 0.3) is 0 Å². The molecule has 7 heteroatoms. The first-order chi connectivity index (χ1) is 9.43. The largest absolute Gasteiger partial charge is 0.394 e. The van der Waals surface area contributed by atoms with Crippen molar-refractivity contribution < 1.29 is 18.6 Å². The van der Waals surface area contributed by atoms with Crippen LogP contribution in [0, 0.1) is 0 Å². The second-order valence-corrected chi connectivity index (χ2v) is 6.37. The molecule has 0 radical (unpaired) electrons. The number of sulfonamides is 1. The van der Waals surface area contributed by atoms with E-state index in [2.05, 4.69) is 10.0 Å². The second-order valence-electron chi connectivity index (χ2n) is 4.60. The normalized spacial score (nSPS) is 12.4. The third-order valence-electron chi connectivity index (χ3n) is 3.19. The lowest BCUT2D eigenvalue weighted by Gasteiger charge is -2.31. The van der Waals surface area contributed by atoms with Gasteiger partial charge in [-0.1, -0.05) is 13.8 Å². The molecule has 0 fully saturated rings. The van der Waals surface area contributed by atoms with Crippen molar-refractivity contribution in [2.24, 2.45) is 0 Å². The van der Waals surface area contributed by atoms with E-state index in [1.807, 2.05) is 6.92 Å². The molecule has 0 amide bonds. The zero-order chi connectivity index (χ0) is 15.2. The zero-order valence-corrected chi connectivity index (χ0v) is 12.6. The number of benzene rings is 1. The van der Waals surface area contributed by atoms with Crippen molar-refractivity contribution in [3.63, 3.8) is 0 Å². The molecule has 0 aliphatic carbocycles. The average molecular weight is 302 g/mol. The Morgan fingerprint density at radius 2 is 1.65 bits per heavy atom. The SMILES string of the molecule is CCNS(=O)(=O)c1ccc(NC(CC)(CO)CO)cc1. The Kier molecular flexibility index (Phi) is 5.94. The van der Waals surface area contributed by atoms with Crippen molar-refractivity contribution in [3.8, 4) is 0 Å². The van der Waals surface area contributed by atoms with Crippen molar-refractivity contribution >= 4 is 15.7 Å². The van der Waals surface area contributed by atoms with E-state index >= 15 is 0 Å². The molecule has 4 N–H and O–H groups in total. The minimum Gasteiger partial charge on any atom is -0.394 e. The fourth-order valence-corrected chi connectivity index (χ4v) is 2.78. The maximum atomic E-state index is 11.8. The zero-order valence-electron chi connectivity index (χ0n) is 11.8. The van der Waals surface area contributed by atoms with Gasteiger partial charge in [-0.25, -0.2) is 13.1 Å². The fourth-order valence-electron chi connectivity index (χ4n) is 1.74. The highest BCUT2D eigenvalue weighted by molar-refractivity contribution is 7.89. The summed E-state index contributed by atoms with van der Waals surface area (Å²) in [5.74, 6) is 0. The topological polar surface area (TPSA) is 98.7 Å². The van der Waals surface area contributed by atoms with Gasteiger partial charge in [0.25, 0.3) is 0 Å². The molecular weight excluding hydrogens is 280 g/mol. The third-order valence-corrected chi connectivity index (χ3v) is 4.75. The van der Waals surface area contributed by atoms with Crippen LogP contribution in [0.2, 0.25) is 0 Å². The summed E-state index contributed by atoms with van der Waals surface area (Å²) in [6, 6.07) is 6.19. The standard InChI is InChI=1S/C13H22N2O4S/c1-3-13(9-16,10-17)15-11-5-7-12(8-6-11)20(18,19)14-4-2/h5-8,14-17H,3-4,9-10H2,1-2H3. The van der Waals surface area contributed by atoms with E-state index in [-0.39, 0.29) is 18.1 Å². The summed E-state index contributed by atoms with van der Waals surface area (Å²) in [6.45, 7) is 3.47. The van der Waals surface area contributed by atoms with Crippen molar-refractivity contribution in [2.75, 3.05) is 25.1 Å². The Morgan fingerprint density at radius 3 is 2.05 bits per heavy atom.